The quantitative estimate of drug-likeness (QED) is 0.919. The molecule has 0 radical (unpaired) electrons. The first kappa shape index (κ1) is 12.3. The maximum Gasteiger partial charge on any atom is 0.0670 e. The standard InChI is InChI=1S/C13H16BrN3/c1-2-15-7-11-8-16-17(9-11)10-12-5-3-4-6-13(12)14/h3-6,8-9,15H,2,7,10H2,1H3. The van der Waals surface area contributed by atoms with Crippen molar-refractivity contribution in [3.05, 3.63) is 52.3 Å². The molecule has 0 fully saturated rings. The lowest BCUT2D eigenvalue weighted by atomic mass is 10.2. The van der Waals surface area contributed by atoms with Gasteiger partial charge < -0.3 is 5.32 Å². The van der Waals surface area contributed by atoms with Crippen LogP contribution in [0.15, 0.2) is 41.1 Å². The summed E-state index contributed by atoms with van der Waals surface area (Å²) in [6, 6.07) is 8.23. The molecule has 2 rings (SSSR count). The first-order valence-electron chi connectivity index (χ1n) is 5.75. The van der Waals surface area contributed by atoms with Gasteiger partial charge in [0.1, 0.15) is 0 Å². The molecule has 2 aromatic rings. The van der Waals surface area contributed by atoms with Crippen molar-refractivity contribution in [2.75, 3.05) is 6.54 Å². The molecule has 0 aliphatic carbocycles. The molecule has 0 saturated heterocycles. The van der Waals surface area contributed by atoms with E-state index in [4.69, 9.17) is 0 Å². The van der Waals surface area contributed by atoms with Crippen LogP contribution in [-0.2, 0) is 13.1 Å². The highest BCUT2D eigenvalue weighted by Crippen LogP contribution is 2.16. The molecule has 0 bridgehead atoms. The van der Waals surface area contributed by atoms with Crippen LogP contribution in [-0.4, -0.2) is 16.3 Å². The van der Waals surface area contributed by atoms with Gasteiger partial charge in [-0.2, -0.15) is 5.10 Å². The summed E-state index contributed by atoms with van der Waals surface area (Å²) in [5, 5.41) is 7.65. The van der Waals surface area contributed by atoms with E-state index in [1.165, 1.54) is 11.1 Å². The van der Waals surface area contributed by atoms with Gasteiger partial charge in [-0.15, -0.1) is 0 Å². The summed E-state index contributed by atoms with van der Waals surface area (Å²) in [6.07, 6.45) is 4.00. The van der Waals surface area contributed by atoms with Crippen molar-refractivity contribution in [3.8, 4) is 0 Å². The van der Waals surface area contributed by atoms with E-state index in [1.54, 1.807) is 0 Å². The second-order valence-electron chi connectivity index (χ2n) is 3.92. The highest BCUT2D eigenvalue weighted by molar-refractivity contribution is 9.10. The third-order valence-corrected chi connectivity index (χ3v) is 3.33. The maximum atomic E-state index is 4.36. The normalized spacial score (nSPS) is 10.7. The fourth-order valence-electron chi connectivity index (χ4n) is 1.65. The number of hydrogen-bond donors (Lipinski definition) is 1. The fraction of sp³-hybridized carbons (Fsp3) is 0.308. The highest BCUT2D eigenvalue weighted by Gasteiger charge is 2.02. The Hall–Kier alpha value is -1.13. The molecule has 0 saturated carbocycles. The highest BCUT2D eigenvalue weighted by atomic mass is 79.9. The molecule has 0 spiro atoms. The van der Waals surface area contributed by atoms with Gasteiger partial charge in [0.15, 0.2) is 0 Å². The number of benzene rings is 1. The van der Waals surface area contributed by atoms with Crippen molar-refractivity contribution < 1.29 is 0 Å². The van der Waals surface area contributed by atoms with Crippen LogP contribution in [0.3, 0.4) is 0 Å². The minimum atomic E-state index is 0.799. The minimum absolute atomic E-state index is 0.799. The molecule has 0 aliphatic rings. The van der Waals surface area contributed by atoms with Gasteiger partial charge in [-0.25, -0.2) is 0 Å². The smallest absolute Gasteiger partial charge is 0.0670 e. The van der Waals surface area contributed by atoms with Crippen LogP contribution >= 0.6 is 15.9 Å². The van der Waals surface area contributed by atoms with Crippen LogP contribution in [0, 0.1) is 0 Å². The number of hydrogen-bond acceptors (Lipinski definition) is 2. The third-order valence-electron chi connectivity index (χ3n) is 2.56. The number of nitrogens with zero attached hydrogens (tertiary/aromatic N) is 2. The van der Waals surface area contributed by atoms with E-state index in [2.05, 4.69) is 51.6 Å². The fourth-order valence-corrected chi connectivity index (χ4v) is 2.06. The number of rotatable bonds is 5. The molecular formula is C13H16BrN3. The molecule has 3 nitrogen and oxygen atoms in total. The van der Waals surface area contributed by atoms with Crippen molar-refractivity contribution in [2.45, 2.75) is 20.0 Å². The Bertz CT molecular complexity index is 479. The topological polar surface area (TPSA) is 29.9 Å². The van der Waals surface area contributed by atoms with Gasteiger partial charge in [0.05, 0.1) is 12.7 Å². The van der Waals surface area contributed by atoms with Crippen LogP contribution in [0.4, 0.5) is 0 Å². The Balaban J connectivity index is 2.04. The van der Waals surface area contributed by atoms with E-state index in [9.17, 15) is 0 Å². The summed E-state index contributed by atoms with van der Waals surface area (Å²) in [7, 11) is 0. The van der Waals surface area contributed by atoms with Crippen LogP contribution in [0.1, 0.15) is 18.1 Å². The summed E-state index contributed by atoms with van der Waals surface area (Å²) in [6.45, 7) is 4.76. The lowest BCUT2D eigenvalue weighted by Gasteiger charge is -2.04. The summed E-state index contributed by atoms with van der Waals surface area (Å²) in [4.78, 5) is 0. The van der Waals surface area contributed by atoms with Crippen molar-refractivity contribution in [1.29, 1.82) is 0 Å². The molecule has 1 aromatic heterocycles. The van der Waals surface area contributed by atoms with Crippen LogP contribution in [0.5, 0.6) is 0 Å². The lowest BCUT2D eigenvalue weighted by molar-refractivity contribution is 0.681. The van der Waals surface area contributed by atoms with E-state index in [0.717, 1.165) is 24.1 Å². The van der Waals surface area contributed by atoms with Crippen molar-refractivity contribution in [2.24, 2.45) is 0 Å². The molecule has 4 heteroatoms. The Morgan fingerprint density at radius 2 is 2.18 bits per heavy atom. The van der Waals surface area contributed by atoms with Gasteiger partial charge in [0, 0.05) is 22.8 Å². The predicted molar refractivity (Wildman–Crippen MR) is 72.9 cm³/mol. The summed E-state index contributed by atoms with van der Waals surface area (Å²) in [5.74, 6) is 0. The first-order chi connectivity index (χ1) is 8.29. The van der Waals surface area contributed by atoms with Gasteiger partial charge in [0.2, 0.25) is 0 Å². The first-order valence-corrected chi connectivity index (χ1v) is 6.54. The molecule has 0 atom stereocenters. The minimum Gasteiger partial charge on any atom is -0.313 e. The second-order valence-corrected chi connectivity index (χ2v) is 4.77. The maximum absolute atomic E-state index is 4.36. The van der Waals surface area contributed by atoms with E-state index >= 15 is 0 Å². The predicted octanol–water partition coefficient (Wildman–Crippen LogP) is 2.80. The number of nitrogens with one attached hydrogen (secondary N) is 1. The monoisotopic (exact) mass is 293 g/mol. The molecule has 17 heavy (non-hydrogen) atoms. The van der Waals surface area contributed by atoms with Crippen LogP contribution < -0.4 is 5.32 Å². The average molecular weight is 294 g/mol. The Labute approximate surface area is 110 Å². The Morgan fingerprint density at radius 1 is 1.35 bits per heavy atom. The number of halogens is 1. The van der Waals surface area contributed by atoms with Gasteiger partial charge in [-0.3, -0.25) is 4.68 Å². The van der Waals surface area contributed by atoms with Crippen molar-refractivity contribution in [3.63, 3.8) is 0 Å². The van der Waals surface area contributed by atoms with Crippen molar-refractivity contribution >= 4 is 15.9 Å². The third kappa shape index (κ3) is 3.41. The van der Waals surface area contributed by atoms with E-state index in [-0.39, 0.29) is 0 Å². The molecule has 1 aromatic carbocycles. The summed E-state index contributed by atoms with van der Waals surface area (Å²) < 4.78 is 3.09. The zero-order chi connectivity index (χ0) is 12.1. The average Bonchev–Trinajstić information content (AvgIpc) is 2.77. The summed E-state index contributed by atoms with van der Waals surface area (Å²) in [5.41, 5.74) is 2.46. The Kier molecular flexibility index (Phi) is 4.34. The van der Waals surface area contributed by atoms with Crippen LogP contribution in [0.2, 0.25) is 0 Å². The number of aromatic nitrogens is 2. The molecule has 1 N–H and O–H groups in total. The molecule has 0 unspecified atom stereocenters. The largest absolute Gasteiger partial charge is 0.313 e. The molecule has 0 amide bonds. The second kappa shape index (κ2) is 5.98. The molecular weight excluding hydrogens is 278 g/mol. The molecule has 1 heterocycles. The van der Waals surface area contributed by atoms with Gasteiger partial charge in [-0.1, -0.05) is 41.1 Å². The zero-order valence-corrected chi connectivity index (χ0v) is 11.4. The van der Waals surface area contributed by atoms with Crippen molar-refractivity contribution in [1.82, 2.24) is 15.1 Å². The zero-order valence-electron chi connectivity index (χ0n) is 9.86. The van der Waals surface area contributed by atoms with Gasteiger partial charge >= 0.3 is 0 Å². The summed E-state index contributed by atoms with van der Waals surface area (Å²) >= 11 is 3.55. The van der Waals surface area contributed by atoms with Crippen LogP contribution in [0.25, 0.3) is 0 Å². The lowest BCUT2D eigenvalue weighted by Crippen LogP contribution is -2.11. The Morgan fingerprint density at radius 3 is 2.94 bits per heavy atom. The van der Waals surface area contributed by atoms with E-state index < -0.39 is 0 Å². The van der Waals surface area contributed by atoms with Gasteiger partial charge in [0.25, 0.3) is 0 Å². The molecule has 90 valence electrons. The van der Waals surface area contributed by atoms with E-state index in [0.29, 0.717) is 0 Å². The molecule has 0 aliphatic heterocycles. The van der Waals surface area contributed by atoms with E-state index in [1.807, 2.05) is 23.0 Å². The SMILES string of the molecule is CCNCc1cnn(Cc2ccccc2Br)c1. The van der Waals surface area contributed by atoms with Gasteiger partial charge in [-0.05, 0) is 18.2 Å².